The molecule has 1 aliphatic rings. The minimum atomic E-state index is 0.110. The molecule has 3 aromatic rings. The molecule has 0 saturated carbocycles. The van der Waals surface area contributed by atoms with Crippen molar-refractivity contribution >= 4 is 44.6 Å². The summed E-state index contributed by atoms with van der Waals surface area (Å²) in [5.41, 5.74) is 7.74. The molecule has 0 aliphatic carbocycles. The molecular weight excluding hydrogens is 392 g/mol. The van der Waals surface area contributed by atoms with Crippen LogP contribution in [0.5, 0.6) is 0 Å². The molecule has 5 nitrogen and oxygen atoms in total. The van der Waals surface area contributed by atoms with Crippen LogP contribution in [0.15, 0.2) is 42.5 Å². The molecule has 1 amide bonds. The number of nitrogen functional groups attached to an aromatic ring is 1. The second-order valence-electron chi connectivity index (χ2n) is 6.95. The first-order chi connectivity index (χ1) is 13.5. The molecule has 7 heteroatoms. The van der Waals surface area contributed by atoms with E-state index in [1.165, 1.54) is 15.0 Å². The molecule has 2 heterocycles. The molecular formula is C21H19ClN4OS. The lowest BCUT2D eigenvalue weighted by molar-refractivity contribution is -0.136. The summed E-state index contributed by atoms with van der Waals surface area (Å²) >= 11 is 7.79. The van der Waals surface area contributed by atoms with E-state index in [0.717, 1.165) is 23.7 Å². The molecule has 0 unspecified atom stereocenters. The van der Waals surface area contributed by atoms with E-state index in [-0.39, 0.29) is 5.91 Å². The van der Waals surface area contributed by atoms with Gasteiger partial charge in [-0.25, -0.2) is 0 Å². The Balaban J connectivity index is 1.38. The van der Waals surface area contributed by atoms with E-state index in [1.54, 1.807) is 23.5 Å². The molecule has 1 aliphatic heterocycles. The normalized spacial score (nSPS) is 15.1. The molecule has 2 aromatic carbocycles. The molecule has 28 heavy (non-hydrogen) atoms. The summed E-state index contributed by atoms with van der Waals surface area (Å²) in [6.45, 7) is 3.19. The van der Waals surface area contributed by atoms with Crippen LogP contribution in [0, 0.1) is 11.3 Å². The minimum absolute atomic E-state index is 0.110. The fourth-order valence-corrected chi connectivity index (χ4v) is 4.83. The number of carbonyl (C=O) groups excluding carboxylic acids is 1. The maximum Gasteiger partial charge on any atom is 0.237 e. The Labute approximate surface area is 172 Å². The standard InChI is InChI=1S/C21H19ClN4OS/c22-17-4-3-15-8-18(28-20(15)9-17)12-25-5-6-26(21(27)13-25)11-14-1-2-16(10-23)19(24)7-14/h1-4,7-9H,5-6,11-13,24H2. The lowest BCUT2D eigenvalue weighted by atomic mass is 10.1. The third-order valence-electron chi connectivity index (χ3n) is 4.92. The summed E-state index contributed by atoms with van der Waals surface area (Å²) < 4.78 is 1.17. The predicted molar refractivity (Wildman–Crippen MR) is 113 cm³/mol. The highest BCUT2D eigenvalue weighted by atomic mass is 35.5. The number of nitrogens with two attached hydrogens (primary N) is 1. The van der Waals surface area contributed by atoms with Gasteiger partial charge in [-0.3, -0.25) is 9.69 Å². The monoisotopic (exact) mass is 410 g/mol. The van der Waals surface area contributed by atoms with Gasteiger partial charge in [-0.2, -0.15) is 5.26 Å². The van der Waals surface area contributed by atoms with Gasteiger partial charge in [0.25, 0.3) is 0 Å². The number of amides is 1. The van der Waals surface area contributed by atoms with E-state index in [2.05, 4.69) is 17.0 Å². The number of rotatable bonds is 4. The van der Waals surface area contributed by atoms with Crippen LogP contribution in [-0.4, -0.2) is 35.3 Å². The highest BCUT2D eigenvalue weighted by Crippen LogP contribution is 2.29. The van der Waals surface area contributed by atoms with Gasteiger partial charge in [-0.15, -0.1) is 11.3 Å². The van der Waals surface area contributed by atoms with Gasteiger partial charge in [0.05, 0.1) is 12.1 Å². The molecule has 0 spiro atoms. The van der Waals surface area contributed by atoms with Crippen molar-refractivity contribution in [1.82, 2.24) is 9.80 Å². The van der Waals surface area contributed by atoms with Crippen LogP contribution in [0.1, 0.15) is 16.0 Å². The molecule has 0 radical (unpaired) electrons. The van der Waals surface area contributed by atoms with Gasteiger partial charge < -0.3 is 10.6 Å². The minimum Gasteiger partial charge on any atom is -0.398 e. The topological polar surface area (TPSA) is 73.4 Å². The maximum absolute atomic E-state index is 12.6. The number of hydrogen-bond donors (Lipinski definition) is 1. The van der Waals surface area contributed by atoms with Gasteiger partial charge in [-0.05, 0) is 41.3 Å². The molecule has 0 atom stereocenters. The summed E-state index contributed by atoms with van der Waals surface area (Å²) in [5, 5.41) is 10.9. The van der Waals surface area contributed by atoms with Crippen molar-refractivity contribution in [3.63, 3.8) is 0 Å². The molecule has 1 fully saturated rings. The lowest BCUT2D eigenvalue weighted by Crippen LogP contribution is -2.49. The molecule has 4 rings (SSSR count). The van der Waals surface area contributed by atoms with E-state index in [1.807, 2.05) is 29.2 Å². The average molecular weight is 411 g/mol. The number of thiophene rings is 1. The van der Waals surface area contributed by atoms with E-state index >= 15 is 0 Å². The first-order valence-corrected chi connectivity index (χ1v) is 10.2. The number of fused-ring (bicyclic) bond motifs is 1. The first kappa shape index (κ1) is 18.8. The van der Waals surface area contributed by atoms with Crippen molar-refractivity contribution in [3.05, 3.63) is 63.5 Å². The lowest BCUT2D eigenvalue weighted by Gasteiger charge is -2.34. The second-order valence-corrected chi connectivity index (χ2v) is 8.56. The largest absolute Gasteiger partial charge is 0.398 e. The van der Waals surface area contributed by atoms with Crippen molar-refractivity contribution in [3.8, 4) is 6.07 Å². The second kappa shape index (κ2) is 7.80. The highest BCUT2D eigenvalue weighted by molar-refractivity contribution is 7.19. The fraction of sp³-hybridized carbons (Fsp3) is 0.238. The number of piperazine rings is 1. The van der Waals surface area contributed by atoms with Crippen LogP contribution in [0.25, 0.3) is 10.1 Å². The van der Waals surface area contributed by atoms with E-state index in [4.69, 9.17) is 22.6 Å². The van der Waals surface area contributed by atoms with Crippen LogP contribution >= 0.6 is 22.9 Å². The molecule has 1 saturated heterocycles. The Bertz CT molecular complexity index is 1090. The number of hydrogen-bond acceptors (Lipinski definition) is 5. The molecule has 1 aromatic heterocycles. The number of anilines is 1. The summed E-state index contributed by atoms with van der Waals surface area (Å²) in [5.74, 6) is 0.110. The third kappa shape index (κ3) is 3.97. The molecule has 142 valence electrons. The van der Waals surface area contributed by atoms with Crippen molar-refractivity contribution in [2.75, 3.05) is 25.4 Å². The van der Waals surface area contributed by atoms with E-state index < -0.39 is 0 Å². The Morgan fingerprint density at radius 3 is 2.75 bits per heavy atom. The van der Waals surface area contributed by atoms with Crippen LogP contribution < -0.4 is 5.73 Å². The van der Waals surface area contributed by atoms with Crippen LogP contribution in [0.2, 0.25) is 5.02 Å². The summed E-state index contributed by atoms with van der Waals surface area (Å²) in [6, 6.07) is 15.5. The molecule has 0 bridgehead atoms. The number of halogens is 1. The van der Waals surface area contributed by atoms with Crippen LogP contribution in [-0.2, 0) is 17.9 Å². The smallest absolute Gasteiger partial charge is 0.237 e. The van der Waals surface area contributed by atoms with Crippen LogP contribution in [0.4, 0.5) is 5.69 Å². The maximum atomic E-state index is 12.6. The van der Waals surface area contributed by atoms with Gasteiger partial charge in [0.1, 0.15) is 6.07 Å². The average Bonchev–Trinajstić information content (AvgIpc) is 3.05. The van der Waals surface area contributed by atoms with E-state index in [9.17, 15) is 4.79 Å². The quantitative estimate of drug-likeness (QED) is 0.663. The highest BCUT2D eigenvalue weighted by Gasteiger charge is 2.24. The number of carbonyl (C=O) groups is 1. The van der Waals surface area contributed by atoms with Crippen molar-refractivity contribution in [2.24, 2.45) is 0 Å². The Morgan fingerprint density at radius 1 is 1.14 bits per heavy atom. The number of nitrogens with zero attached hydrogens (tertiary/aromatic N) is 3. The van der Waals surface area contributed by atoms with Gasteiger partial charge in [0, 0.05) is 46.5 Å². The SMILES string of the molecule is N#Cc1ccc(CN2CCN(Cc3cc4ccc(Cl)cc4s3)CC2=O)cc1N. The number of nitriles is 1. The van der Waals surface area contributed by atoms with E-state index in [0.29, 0.717) is 30.9 Å². The Kier molecular flexibility index (Phi) is 5.23. The zero-order chi connectivity index (χ0) is 19.7. The van der Waals surface area contributed by atoms with Gasteiger partial charge in [0.15, 0.2) is 0 Å². The van der Waals surface area contributed by atoms with Crippen molar-refractivity contribution in [1.29, 1.82) is 5.26 Å². The Morgan fingerprint density at radius 2 is 2.00 bits per heavy atom. The van der Waals surface area contributed by atoms with Crippen molar-refractivity contribution < 1.29 is 4.79 Å². The van der Waals surface area contributed by atoms with Gasteiger partial charge >= 0.3 is 0 Å². The predicted octanol–water partition coefficient (Wildman–Crippen LogP) is 3.85. The summed E-state index contributed by atoms with van der Waals surface area (Å²) in [7, 11) is 0. The van der Waals surface area contributed by atoms with Gasteiger partial charge in [-0.1, -0.05) is 23.7 Å². The Hall–Kier alpha value is -2.59. The van der Waals surface area contributed by atoms with Gasteiger partial charge in [0.2, 0.25) is 5.91 Å². The zero-order valence-electron chi connectivity index (χ0n) is 15.2. The first-order valence-electron chi connectivity index (χ1n) is 8.98. The zero-order valence-corrected chi connectivity index (χ0v) is 16.8. The third-order valence-corrected chi connectivity index (χ3v) is 6.24. The summed E-state index contributed by atoms with van der Waals surface area (Å²) in [6.07, 6.45) is 0. The van der Waals surface area contributed by atoms with Crippen molar-refractivity contribution in [2.45, 2.75) is 13.1 Å². The molecule has 2 N–H and O–H groups in total. The van der Waals surface area contributed by atoms with Crippen LogP contribution in [0.3, 0.4) is 0 Å². The summed E-state index contributed by atoms with van der Waals surface area (Å²) in [4.78, 5) is 17.9. The number of benzene rings is 2. The fourth-order valence-electron chi connectivity index (χ4n) is 3.45.